The van der Waals surface area contributed by atoms with Crippen molar-refractivity contribution in [3.05, 3.63) is 22.8 Å². The predicted molar refractivity (Wildman–Crippen MR) is 70.5 cm³/mol. The Bertz CT molecular complexity index is 470. The highest BCUT2D eigenvalue weighted by atomic mass is 35.5. The van der Waals surface area contributed by atoms with Crippen LogP contribution >= 0.6 is 11.6 Å². The maximum atomic E-state index is 11.4. The molecule has 0 aliphatic rings. The molecule has 6 heteroatoms. The van der Waals surface area contributed by atoms with Gasteiger partial charge in [0.15, 0.2) is 0 Å². The molecule has 0 bridgehead atoms. The van der Waals surface area contributed by atoms with Crippen molar-refractivity contribution in [2.45, 2.75) is 13.3 Å². The monoisotopic (exact) mass is 266 g/mol. The number of nitrogens with one attached hydrogen (secondary N) is 1. The standard InChI is InChI=1S/C12H15ClN4O/c1-3-6-17(8-10(18)15-2)12-11(13)9(7-14)4-5-16-12/h4-5H,3,6,8H2,1-2H3,(H,15,18). The van der Waals surface area contributed by atoms with Gasteiger partial charge in [0.1, 0.15) is 16.9 Å². The summed E-state index contributed by atoms with van der Waals surface area (Å²) in [7, 11) is 1.58. The van der Waals surface area contributed by atoms with Crippen molar-refractivity contribution >= 4 is 23.3 Å². The van der Waals surface area contributed by atoms with Crippen LogP contribution in [-0.4, -0.2) is 31.0 Å². The van der Waals surface area contributed by atoms with E-state index in [2.05, 4.69) is 10.3 Å². The molecular weight excluding hydrogens is 252 g/mol. The van der Waals surface area contributed by atoms with E-state index in [0.717, 1.165) is 6.42 Å². The first-order valence-electron chi connectivity index (χ1n) is 5.64. The number of halogens is 1. The van der Waals surface area contributed by atoms with E-state index in [1.165, 1.54) is 6.20 Å². The Labute approximate surface area is 111 Å². The zero-order chi connectivity index (χ0) is 13.5. The molecule has 0 fully saturated rings. The number of nitriles is 1. The lowest BCUT2D eigenvalue weighted by atomic mass is 10.2. The lowest BCUT2D eigenvalue weighted by Crippen LogP contribution is -2.36. The van der Waals surface area contributed by atoms with Gasteiger partial charge in [-0.15, -0.1) is 0 Å². The fourth-order valence-electron chi connectivity index (χ4n) is 1.52. The van der Waals surface area contributed by atoms with E-state index in [4.69, 9.17) is 16.9 Å². The van der Waals surface area contributed by atoms with Gasteiger partial charge in [-0.2, -0.15) is 5.26 Å². The lowest BCUT2D eigenvalue weighted by molar-refractivity contribution is -0.119. The van der Waals surface area contributed by atoms with E-state index in [1.54, 1.807) is 18.0 Å². The van der Waals surface area contributed by atoms with E-state index in [0.29, 0.717) is 17.9 Å². The second kappa shape index (κ2) is 6.82. The number of amides is 1. The van der Waals surface area contributed by atoms with E-state index in [-0.39, 0.29) is 17.5 Å². The Morgan fingerprint density at radius 3 is 2.94 bits per heavy atom. The first-order valence-corrected chi connectivity index (χ1v) is 6.02. The highest BCUT2D eigenvalue weighted by molar-refractivity contribution is 6.34. The quantitative estimate of drug-likeness (QED) is 0.878. The third-order valence-electron chi connectivity index (χ3n) is 2.40. The van der Waals surface area contributed by atoms with Crippen LogP contribution in [0.3, 0.4) is 0 Å². The number of likely N-dealkylation sites (N-methyl/N-ethyl adjacent to an activating group) is 1. The van der Waals surface area contributed by atoms with Gasteiger partial charge in [0.2, 0.25) is 5.91 Å². The minimum atomic E-state index is -0.122. The van der Waals surface area contributed by atoms with Crippen LogP contribution in [0.25, 0.3) is 0 Å². The van der Waals surface area contributed by atoms with Crippen LogP contribution in [-0.2, 0) is 4.79 Å². The molecular formula is C12H15ClN4O. The Kier molecular flexibility index (Phi) is 5.40. The number of carbonyl (C=O) groups is 1. The van der Waals surface area contributed by atoms with Crippen molar-refractivity contribution < 1.29 is 4.79 Å². The summed E-state index contributed by atoms with van der Waals surface area (Å²) in [5, 5.41) is 11.8. The summed E-state index contributed by atoms with van der Waals surface area (Å²) < 4.78 is 0. The molecule has 0 spiro atoms. The van der Waals surface area contributed by atoms with Gasteiger partial charge in [0.25, 0.3) is 0 Å². The van der Waals surface area contributed by atoms with Crippen molar-refractivity contribution in [2.24, 2.45) is 0 Å². The molecule has 0 atom stereocenters. The maximum absolute atomic E-state index is 11.4. The van der Waals surface area contributed by atoms with Crippen molar-refractivity contribution in [1.29, 1.82) is 5.26 Å². The molecule has 0 saturated heterocycles. The number of anilines is 1. The van der Waals surface area contributed by atoms with E-state index in [1.807, 2.05) is 13.0 Å². The van der Waals surface area contributed by atoms with Gasteiger partial charge >= 0.3 is 0 Å². The molecule has 1 aromatic heterocycles. The number of aromatic nitrogens is 1. The number of pyridine rings is 1. The number of rotatable bonds is 5. The highest BCUT2D eigenvalue weighted by Crippen LogP contribution is 2.26. The molecule has 0 aromatic carbocycles. The fourth-order valence-corrected chi connectivity index (χ4v) is 1.80. The summed E-state index contributed by atoms with van der Waals surface area (Å²) in [6, 6.07) is 3.55. The summed E-state index contributed by atoms with van der Waals surface area (Å²) in [5.41, 5.74) is 0.361. The molecule has 18 heavy (non-hydrogen) atoms. The summed E-state index contributed by atoms with van der Waals surface area (Å²) in [5.74, 6) is 0.352. The van der Waals surface area contributed by atoms with Crippen molar-refractivity contribution in [3.8, 4) is 6.07 Å². The molecule has 1 N–H and O–H groups in total. The fraction of sp³-hybridized carbons (Fsp3) is 0.417. The van der Waals surface area contributed by atoms with Crippen LogP contribution in [0.1, 0.15) is 18.9 Å². The van der Waals surface area contributed by atoms with Crippen LogP contribution in [0, 0.1) is 11.3 Å². The number of carbonyl (C=O) groups excluding carboxylic acids is 1. The van der Waals surface area contributed by atoms with Gasteiger partial charge in [-0.25, -0.2) is 4.98 Å². The normalized spacial score (nSPS) is 9.67. The average Bonchev–Trinajstić information content (AvgIpc) is 2.38. The minimum absolute atomic E-state index is 0.122. The van der Waals surface area contributed by atoms with Gasteiger partial charge < -0.3 is 10.2 Å². The maximum Gasteiger partial charge on any atom is 0.239 e. The first kappa shape index (κ1) is 14.3. The molecule has 5 nitrogen and oxygen atoms in total. The third kappa shape index (κ3) is 3.34. The second-order valence-corrected chi connectivity index (χ2v) is 4.08. The van der Waals surface area contributed by atoms with Crippen LogP contribution in [0.15, 0.2) is 12.3 Å². The number of nitrogens with zero attached hydrogens (tertiary/aromatic N) is 3. The smallest absolute Gasteiger partial charge is 0.239 e. The molecule has 0 saturated carbocycles. The molecule has 1 aromatic rings. The van der Waals surface area contributed by atoms with Gasteiger partial charge in [-0.3, -0.25) is 4.79 Å². The van der Waals surface area contributed by atoms with Gasteiger partial charge in [0.05, 0.1) is 12.1 Å². The van der Waals surface area contributed by atoms with Crippen LogP contribution < -0.4 is 10.2 Å². The summed E-state index contributed by atoms with van der Waals surface area (Å²) in [6.45, 7) is 2.82. The molecule has 0 unspecified atom stereocenters. The van der Waals surface area contributed by atoms with Crippen molar-refractivity contribution in [2.75, 3.05) is 25.0 Å². The zero-order valence-corrected chi connectivity index (χ0v) is 11.2. The third-order valence-corrected chi connectivity index (χ3v) is 2.77. The van der Waals surface area contributed by atoms with Crippen molar-refractivity contribution in [1.82, 2.24) is 10.3 Å². The Morgan fingerprint density at radius 2 is 2.39 bits per heavy atom. The zero-order valence-electron chi connectivity index (χ0n) is 10.4. The second-order valence-electron chi connectivity index (χ2n) is 3.70. The van der Waals surface area contributed by atoms with Gasteiger partial charge in [-0.1, -0.05) is 18.5 Å². The van der Waals surface area contributed by atoms with Gasteiger partial charge in [0, 0.05) is 19.8 Å². The van der Waals surface area contributed by atoms with E-state index < -0.39 is 0 Å². The van der Waals surface area contributed by atoms with E-state index in [9.17, 15) is 4.79 Å². The highest BCUT2D eigenvalue weighted by Gasteiger charge is 2.16. The largest absolute Gasteiger partial charge is 0.358 e. The predicted octanol–water partition coefficient (Wildman–Crippen LogP) is 1.57. The summed E-state index contributed by atoms with van der Waals surface area (Å²) >= 11 is 6.11. The molecule has 1 amide bonds. The number of hydrogen-bond acceptors (Lipinski definition) is 4. The van der Waals surface area contributed by atoms with Crippen molar-refractivity contribution in [3.63, 3.8) is 0 Å². The Hall–Kier alpha value is -1.80. The Morgan fingerprint density at radius 1 is 1.67 bits per heavy atom. The Balaban J connectivity index is 3.06. The van der Waals surface area contributed by atoms with E-state index >= 15 is 0 Å². The first-order chi connectivity index (χ1) is 8.63. The van der Waals surface area contributed by atoms with Crippen LogP contribution in [0.2, 0.25) is 5.02 Å². The molecule has 1 rings (SSSR count). The number of hydrogen-bond donors (Lipinski definition) is 1. The lowest BCUT2D eigenvalue weighted by Gasteiger charge is -2.23. The minimum Gasteiger partial charge on any atom is -0.358 e. The molecule has 96 valence electrons. The molecule has 0 aliphatic heterocycles. The van der Waals surface area contributed by atoms with Gasteiger partial charge in [-0.05, 0) is 12.5 Å². The summed E-state index contributed by atoms with van der Waals surface area (Å²) in [6.07, 6.45) is 2.37. The van der Waals surface area contributed by atoms with Crippen LogP contribution in [0.5, 0.6) is 0 Å². The van der Waals surface area contributed by atoms with Crippen LogP contribution in [0.4, 0.5) is 5.82 Å². The molecule has 0 aliphatic carbocycles. The molecule has 0 radical (unpaired) electrons. The topological polar surface area (TPSA) is 69.0 Å². The molecule has 1 heterocycles. The average molecular weight is 267 g/mol. The SMILES string of the molecule is CCCN(CC(=O)NC)c1nccc(C#N)c1Cl. The summed E-state index contributed by atoms with van der Waals surface area (Å²) in [4.78, 5) is 17.4.